The van der Waals surface area contributed by atoms with Gasteiger partial charge in [-0.3, -0.25) is 9.59 Å². The predicted octanol–water partition coefficient (Wildman–Crippen LogP) is 2.39. The van der Waals surface area contributed by atoms with Crippen molar-refractivity contribution >= 4 is 11.8 Å². The Balaban J connectivity index is 1.96. The number of piperazine rings is 1. The van der Waals surface area contributed by atoms with E-state index in [1.807, 2.05) is 25.7 Å². The Kier molecular flexibility index (Phi) is 3.38. The SMILES string of the molecule is CC(C)=CCN1C(=O)C(C)(C2CC2)NC(=O)C12CCCC2. The fourth-order valence-electron chi connectivity index (χ4n) is 3.93. The number of nitrogens with one attached hydrogen (secondary N) is 1. The second kappa shape index (κ2) is 4.85. The van der Waals surface area contributed by atoms with E-state index < -0.39 is 11.1 Å². The van der Waals surface area contributed by atoms with Crippen LogP contribution in [-0.2, 0) is 9.59 Å². The van der Waals surface area contributed by atoms with Gasteiger partial charge in [-0.1, -0.05) is 24.5 Å². The quantitative estimate of drug-likeness (QED) is 0.811. The molecule has 1 heterocycles. The van der Waals surface area contributed by atoms with Crippen LogP contribution in [0.5, 0.6) is 0 Å². The summed E-state index contributed by atoms with van der Waals surface area (Å²) in [6.07, 6.45) is 7.85. The van der Waals surface area contributed by atoms with E-state index >= 15 is 0 Å². The monoisotopic (exact) mass is 290 g/mol. The number of hydrogen-bond donors (Lipinski definition) is 1. The van der Waals surface area contributed by atoms with Gasteiger partial charge < -0.3 is 10.2 Å². The average molecular weight is 290 g/mol. The highest BCUT2D eigenvalue weighted by Gasteiger charge is 2.61. The number of carbonyl (C=O) groups is 2. The third kappa shape index (κ3) is 2.19. The zero-order valence-electron chi connectivity index (χ0n) is 13.4. The van der Waals surface area contributed by atoms with Gasteiger partial charge >= 0.3 is 0 Å². The number of carbonyl (C=O) groups excluding carboxylic acids is 2. The minimum atomic E-state index is -0.680. The molecule has 4 heteroatoms. The fraction of sp³-hybridized carbons (Fsp3) is 0.765. The molecule has 0 aromatic heterocycles. The van der Waals surface area contributed by atoms with E-state index in [4.69, 9.17) is 0 Å². The summed E-state index contributed by atoms with van der Waals surface area (Å²) < 4.78 is 0. The van der Waals surface area contributed by atoms with E-state index in [1.54, 1.807) is 0 Å². The highest BCUT2D eigenvalue weighted by atomic mass is 16.2. The van der Waals surface area contributed by atoms with Crippen molar-refractivity contribution < 1.29 is 9.59 Å². The smallest absolute Gasteiger partial charge is 0.249 e. The standard InChI is InChI=1S/C17H26N2O2/c1-12(2)8-11-19-15(21)16(3,13-6-7-13)18-14(20)17(19)9-4-5-10-17/h8,13H,4-7,9-11H2,1-3H3,(H,18,20). The molecule has 0 aromatic rings. The van der Waals surface area contributed by atoms with Crippen molar-refractivity contribution in [2.45, 2.75) is 70.4 Å². The van der Waals surface area contributed by atoms with Gasteiger partial charge in [0.2, 0.25) is 11.8 Å². The zero-order valence-corrected chi connectivity index (χ0v) is 13.4. The van der Waals surface area contributed by atoms with Gasteiger partial charge in [0.25, 0.3) is 0 Å². The van der Waals surface area contributed by atoms with Crippen LogP contribution in [0.1, 0.15) is 59.3 Å². The van der Waals surface area contributed by atoms with E-state index in [-0.39, 0.29) is 11.8 Å². The second-order valence-electron chi connectivity index (χ2n) is 7.37. The van der Waals surface area contributed by atoms with Crippen LogP contribution in [0, 0.1) is 5.92 Å². The van der Waals surface area contributed by atoms with Crippen molar-refractivity contribution in [3.63, 3.8) is 0 Å². The molecule has 1 unspecified atom stereocenters. The van der Waals surface area contributed by atoms with Gasteiger partial charge in [-0.05, 0) is 52.4 Å². The molecule has 1 spiro atoms. The molecule has 2 saturated carbocycles. The maximum absolute atomic E-state index is 13.1. The maximum Gasteiger partial charge on any atom is 0.249 e. The zero-order chi connectivity index (χ0) is 15.3. The lowest BCUT2D eigenvalue weighted by Gasteiger charge is -2.50. The van der Waals surface area contributed by atoms with Crippen LogP contribution >= 0.6 is 0 Å². The normalized spacial score (nSPS) is 31.5. The molecule has 1 saturated heterocycles. The molecular weight excluding hydrogens is 264 g/mol. The van der Waals surface area contributed by atoms with Gasteiger partial charge in [0.1, 0.15) is 11.1 Å². The molecule has 0 radical (unpaired) electrons. The van der Waals surface area contributed by atoms with Crippen molar-refractivity contribution in [1.29, 1.82) is 0 Å². The fourth-order valence-corrected chi connectivity index (χ4v) is 3.93. The number of allylic oxidation sites excluding steroid dienone is 1. The lowest BCUT2D eigenvalue weighted by atomic mass is 9.82. The van der Waals surface area contributed by atoms with Crippen LogP contribution in [0.3, 0.4) is 0 Å². The van der Waals surface area contributed by atoms with Crippen molar-refractivity contribution in [3.05, 3.63) is 11.6 Å². The Morgan fingerprint density at radius 3 is 2.43 bits per heavy atom. The van der Waals surface area contributed by atoms with E-state index in [1.165, 1.54) is 5.57 Å². The lowest BCUT2D eigenvalue weighted by Crippen LogP contribution is -2.75. The molecule has 3 aliphatic rings. The van der Waals surface area contributed by atoms with Gasteiger partial charge in [-0.25, -0.2) is 0 Å². The number of nitrogens with zero attached hydrogens (tertiary/aromatic N) is 1. The van der Waals surface area contributed by atoms with Crippen LogP contribution in [-0.4, -0.2) is 34.3 Å². The number of hydrogen-bond acceptors (Lipinski definition) is 2. The van der Waals surface area contributed by atoms with Crippen molar-refractivity contribution in [2.24, 2.45) is 5.92 Å². The highest BCUT2D eigenvalue weighted by molar-refractivity contribution is 6.02. The first kappa shape index (κ1) is 14.6. The summed E-state index contributed by atoms with van der Waals surface area (Å²) in [5.74, 6) is 0.530. The largest absolute Gasteiger partial charge is 0.340 e. The number of rotatable bonds is 3. The Bertz CT molecular complexity index is 497. The summed E-state index contributed by atoms with van der Waals surface area (Å²) in [6, 6.07) is 0. The molecule has 0 bridgehead atoms. The Morgan fingerprint density at radius 2 is 1.90 bits per heavy atom. The third-order valence-electron chi connectivity index (χ3n) is 5.51. The molecule has 2 aliphatic carbocycles. The van der Waals surface area contributed by atoms with Gasteiger partial charge in [-0.2, -0.15) is 0 Å². The number of amides is 2. The molecule has 21 heavy (non-hydrogen) atoms. The summed E-state index contributed by atoms with van der Waals surface area (Å²) in [5, 5.41) is 3.10. The first-order chi connectivity index (χ1) is 9.90. The van der Waals surface area contributed by atoms with Gasteiger partial charge in [0.15, 0.2) is 0 Å². The molecule has 1 aliphatic heterocycles. The Labute approximate surface area is 127 Å². The average Bonchev–Trinajstić information content (AvgIpc) is 3.17. The molecule has 2 amide bonds. The Morgan fingerprint density at radius 1 is 1.29 bits per heavy atom. The molecule has 116 valence electrons. The molecule has 3 fully saturated rings. The van der Waals surface area contributed by atoms with Crippen LogP contribution in [0.15, 0.2) is 11.6 Å². The van der Waals surface area contributed by atoms with E-state index in [9.17, 15) is 9.59 Å². The first-order valence-corrected chi connectivity index (χ1v) is 8.18. The van der Waals surface area contributed by atoms with Crippen LogP contribution in [0.4, 0.5) is 0 Å². The third-order valence-corrected chi connectivity index (χ3v) is 5.51. The van der Waals surface area contributed by atoms with Crippen LogP contribution in [0.2, 0.25) is 0 Å². The van der Waals surface area contributed by atoms with Gasteiger partial charge in [-0.15, -0.1) is 0 Å². The molecule has 1 N–H and O–H groups in total. The lowest BCUT2D eigenvalue weighted by molar-refractivity contribution is -0.162. The Hall–Kier alpha value is -1.32. The first-order valence-electron chi connectivity index (χ1n) is 8.18. The van der Waals surface area contributed by atoms with Crippen molar-refractivity contribution in [1.82, 2.24) is 10.2 Å². The summed E-state index contributed by atoms with van der Waals surface area (Å²) in [5.41, 5.74) is -0.0762. The second-order valence-corrected chi connectivity index (χ2v) is 7.37. The molecule has 1 atom stereocenters. The van der Waals surface area contributed by atoms with Gasteiger partial charge in [0.05, 0.1) is 0 Å². The van der Waals surface area contributed by atoms with Crippen molar-refractivity contribution in [3.8, 4) is 0 Å². The van der Waals surface area contributed by atoms with Crippen LogP contribution in [0.25, 0.3) is 0 Å². The minimum Gasteiger partial charge on any atom is -0.340 e. The summed E-state index contributed by atoms with van der Waals surface area (Å²) in [6.45, 7) is 6.56. The topological polar surface area (TPSA) is 49.4 Å². The summed E-state index contributed by atoms with van der Waals surface area (Å²) in [7, 11) is 0. The molecular formula is C17H26N2O2. The summed E-state index contributed by atoms with van der Waals surface area (Å²) >= 11 is 0. The maximum atomic E-state index is 13.1. The molecule has 4 nitrogen and oxygen atoms in total. The summed E-state index contributed by atoms with van der Waals surface area (Å²) in [4.78, 5) is 27.9. The predicted molar refractivity (Wildman–Crippen MR) is 81.6 cm³/mol. The minimum absolute atomic E-state index is 0.0798. The highest BCUT2D eigenvalue weighted by Crippen LogP contribution is 2.47. The van der Waals surface area contributed by atoms with E-state index in [0.717, 1.165) is 38.5 Å². The van der Waals surface area contributed by atoms with Crippen molar-refractivity contribution in [2.75, 3.05) is 6.54 Å². The molecule has 3 rings (SSSR count). The van der Waals surface area contributed by atoms with Crippen LogP contribution < -0.4 is 5.32 Å². The molecule has 0 aromatic carbocycles. The van der Waals surface area contributed by atoms with E-state index in [0.29, 0.717) is 12.5 Å². The van der Waals surface area contributed by atoms with Gasteiger partial charge in [0, 0.05) is 6.54 Å². The van der Waals surface area contributed by atoms with E-state index in [2.05, 4.69) is 11.4 Å².